The Morgan fingerprint density at radius 2 is 1.30 bits per heavy atom. The molecule has 0 spiro atoms. The van der Waals surface area contributed by atoms with E-state index in [4.69, 9.17) is 0 Å². The van der Waals surface area contributed by atoms with E-state index >= 15 is 0 Å². The Hall–Kier alpha value is -2.06. The molecule has 0 N–H and O–H groups in total. The number of nitrogens with zero attached hydrogens (tertiary/aromatic N) is 1. The maximum atomic E-state index is 12.6. The van der Waals surface area contributed by atoms with Crippen LogP contribution < -0.4 is 0 Å². The zero-order chi connectivity index (χ0) is 20.8. The van der Waals surface area contributed by atoms with Crippen molar-refractivity contribution in [2.45, 2.75) is 26.7 Å². The molecule has 0 saturated carbocycles. The predicted molar refractivity (Wildman–Crippen MR) is 129 cm³/mol. The molecule has 0 atom stereocenters. The summed E-state index contributed by atoms with van der Waals surface area (Å²) >= 11 is 6.78. The quantitative estimate of drug-likeness (QED) is 0.272. The van der Waals surface area contributed by atoms with Gasteiger partial charge in [-0.2, -0.15) is 0 Å². The van der Waals surface area contributed by atoms with Gasteiger partial charge in [-0.1, -0.05) is 13.3 Å². The molecule has 152 valence electrons. The number of carbonyl (C=O) groups is 2. The predicted octanol–water partition coefficient (Wildman–Crippen LogP) is 7.64. The standard InChI is InChI=1S/C23H19NO2S4/c1-3-4-11-24-22(25)14-12-20(30-21(14)23(24)26)19-10-9-18(29-19)17-8-7-16(28-17)15-6-5-13(2)27-15/h5-10,12H,3-4,11H2,1-2H3. The summed E-state index contributed by atoms with van der Waals surface area (Å²) in [4.78, 5) is 35.7. The topological polar surface area (TPSA) is 37.4 Å². The number of unbranched alkanes of at least 4 members (excludes halogenated alkanes) is 1. The summed E-state index contributed by atoms with van der Waals surface area (Å²) in [5, 5.41) is 0. The average Bonchev–Trinajstić information content (AvgIpc) is 3.53. The minimum Gasteiger partial charge on any atom is -0.274 e. The third kappa shape index (κ3) is 3.39. The maximum absolute atomic E-state index is 12.6. The van der Waals surface area contributed by atoms with E-state index in [9.17, 15) is 9.59 Å². The summed E-state index contributed by atoms with van der Waals surface area (Å²) in [6, 6.07) is 14.8. The number of imide groups is 1. The van der Waals surface area contributed by atoms with E-state index in [1.807, 2.05) is 17.4 Å². The van der Waals surface area contributed by atoms with E-state index in [1.165, 1.54) is 40.6 Å². The van der Waals surface area contributed by atoms with Crippen LogP contribution in [0.4, 0.5) is 0 Å². The van der Waals surface area contributed by atoms with Gasteiger partial charge < -0.3 is 0 Å². The van der Waals surface area contributed by atoms with Gasteiger partial charge in [-0.15, -0.1) is 45.3 Å². The lowest BCUT2D eigenvalue weighted by molar-refractivity contribution is 0.0653. The summed E-state index contributed by atoms with van der Waals surface area (Å²) in [6.45, 7) is 4.70. The Morgan fingerprint density at radius 1 is 0.733 bits per heavy atom. The van der Waals surface area contributed by atoms with Gasteiger partial charge in [0.05, 0.1) is 5.56 Å². The van der Waals surface area contributed by atoms with Crippen molar-refractivity contribution < 1.29 is 9.59 Å². The van der Waals surface area contributed by atoms with E-state index in [0.717, 1.165) is 22.6 Å². The lowest BCUT2D eigenvalue weighted by atomic mass is 10.2. The van der Waals surface area contributed by atoms with Crippen molar-refractivity contribution in [3.8, 4) is 29.3 Å². The number of thiophene rings is 4. The molecule has 0 saturated heterocycles. The third-order valence-corrected chi connectivity index (χ3v) is 9.94. The first-order chi connectivity index (χ1) is 14.5. The Balaban J connectivity index is 1.39. The van der Waals surface area contributed by atoms with Gasteiger partial charge in [-0.25, -0.2) is 0 Å². The fourth-order valence-electron chi connectivity index (χ4n) is 3.48. The van der Waals surface area contributed by atoms with Crippen molar-refractivity contribution in [2.75, 3.05) is 6.54 Å². The molecule has 0 aromatic carbocycles. The molecular formula is C23H19NO2S4. The number of fused-ring (bicyclic) bond motifs is 1. The van der Waals surface area contributed by atoms with Gasteiger partial charge in [0.2, 0.25) is 0 Å². The van der Waals surface area contributed by atoms with Crippen LogP contribution in [0.5, 0.6) is 0 Å². The van der Waals surface area contributed by atoms with Gasteiger partial charge in [-0.05, 0) is 55.8 Å². The molecule has 30 heavy (non-hydrogen) atoms. The van der Waals surface area contributed by atoms with Crippen LogP contribution in [0.25, 0.3) is 29.3 Å². The van der Waals surface area contributed by atoms with Gasteiger partial charge in [0, 0.05) is 40.7 Å². The van der Waals surface area contributed by atoms with Crippen LogP contribution >= 0.6 is 45.3 Å². The molecule has 2 amide bonds. The number of carbonyl (C=O) groups excluding carboxylic acids is 2. The highest BCUT2D eigenvalue weighted by Crippen LogP contribution is 2.44. The normalized spacial score (nSPS) is 13.5. The smallest absolute Gasteiger partial charge is 0.271 e. The summed E-state index contributed by atoms with van der Waals surface area (Å²) in [5.74, 6) is -0.275. The molecule has 4 aromatic heterocycles. The van der Waals surface area contributed by atoms with Crippen LogP contribution in [-0.4, -0.2) is 23.3 Å². The maximum Gasteiger partial charge on any atom is 0.271 e. The number of hydrogen-bond acceptors (Lipinski definition) is 6. The van der Waals surface area contributed by atoms with Crippen LogP contribution in [0, 0.1) is 6.92 Å². The minimum absolute atomic E-state index is 0.134. The van der Waals surface area contributed by atoms with Gasteiger partial charge >= 0.3 is 0 Å². The van der Waals surface area contributed by atoms with Gasteiger partial charge in [0.15, 0.2) is 0 Å². The van der Waals surface area contributed by atoms with E-state index in [0.29, 0.717) is 17.0 Å². The SMILES string of the molecule is CCCCN1C(=O)c2cc(-c3ccc(-c4ccc(-c5ccc(C)s5)s4)s3)sc2C1=O. The van der Waals surface area contributed by atoms with Crippen LogP contribution in [0.1, 0.15) is 44.7 Å². The Kier molecular flexibility index (Phi) is 5.23. The zero-order valence-corrected chi connectivity index (χ0v) is 19.8. The summed E-state index contributed by atoms with van der Waals surface area (Å²) in [7, 11) is 0. The molecule has 0 aliphatic carbocycles. The molecule has 0 fully saturated rings. The molecule has 4 aromatic rings. The lowest BCUT2D eigenvalue weighted by Gasteiger charge is -2.12. The van der Waals surface area contributed by atoms with Gasteiger partial charge in [-0.3, -0.25) is 14.5 Å². The summed E-state index contributed by atoms with van der Waals surface area (Å²) in [6.07, 6.45) is 1.81. The first-order valence-electron chi connectivity index (χ1n) is 9.82. The highest BCUT2D eigenvalue weighted by Gasteiger charge is 2.37. The molecule has 0 radical (unpaired) electrons. The number of aryl methyl sites for hydroxylation is 1. The first-order valence-corrected chi connectivity index (χ1v) is 13.1. The molecule has 5 rings (SSSR count). The molecule has 1 aliphatic heterocycles. The van der Waals surface area contributed by atoms with Crippen molar-refractivity contribution in [3.05, 3.63) is 57.8 Å². The molecule has 3 nitrogen and oxygen atoms in total. The second-order valence-corrected chi connectivity index (χ2v) is 11.7. The molecule has 5 heterocycles. The first kappa shape index (κ1) is 19.9. The molecule has 1 aliphatic rings. The fourth-order valence-corrected chi connectivity index (χ4v) is 7.72. The van der Waals surface area contributed by atoms with Crippen LogP contribution in [0.2, 0.25) is 0 Å². The summed E-state index contributed by atoms with van der Waals surface area (Å²) < 4.78 is 0. The minimum atomic E-state index is -0.142. The third-order valence-electron chi connectivity index (χ3n) is 5.06. The Labute approximate surface area is 191 Å². The highest BCUT2D eigenvalue weighted by atomic mass is 32.1. The van der Waals surface area contributed by atoms with E-state index in [1.54, 1.807) is 22.7 Å². The number of rotatable bonds is 6. The van der Waals surface area contributed by atoms with Crippen molar-refractivity contribution in [2.24, 2.45) is 0 Å². The zero-order valence-electron chi connectivity index (χ0n) is 16.6. The van der Waals surface area contributed by atoms with Crippen molar-refractivity contribution >= 4 is 57.2 Å². The molecule has 7 heteroatoms. The van der Waals surface area contributed by atoms with E-state index < -0.39 is 0 Å². The van der Waals surface area contributed by atoms with Gasteiger partial charge in [0.1, 0.15) is 4.88 Å². The Morgan fingerprint density at radius 3 is 1.83 bits per heavy atom. The van der Waals surface area contributed by atoms with Gasteiger partial charge in [0.25, 0.3) is 11.8 Å². The van der Waals surface area contributed by atoms with Crippen molar-refractivity contribution in [1.29, 1.82) is 0 Å². The monoisotopic (exact) mass is 469 g/mol. The average molecular weight is 470 g/mol. The lowest BCUT2D eigenvalue weighted by Crippen LogP contribution is -2.30. The molecule has 0 bridgehead atoms. The largest absolute Gasteiger partial charge is 0.274 e. The molecule has 0 unspecified atom stereocenters. The second-order valence-electron chi connectivity index (χ2n) is 7.21. The fraction of sp³-hybridized carbons (Fsp3) is 0.217. The Bertz CT molecular complexity index is 1220. The van der Waals surface area contributed by atoms with Crippen molar-refractivity contribution in [1.82, 2.24) is 4.90 Å². The number of amides is 2. The van der Waals surface area contributed by atoms with Crippen molar-refractivity contribution in [3.63, 3.8) is 0 Å². The second kappa shape index (κ2) is 7.89. The summed E-state index contributed by atoms with van der Waals surface area (Å²) in [5.41, 5.74) is 0.567. The number of hydrogen-bond donors (Lipinski definition) is 0. The van der Waals surface area contributed by atoms with Crippen LogP contribution in [0.3, 0.4) is 0 Å². The van der Waals surface area contributed by atoms with E-state index in [2.05, 4.69) is 50.2 Å². The highest BCUT2D eigenvalue weighted by molar-refractivity contribution is 7.28. The van der Waals surface area contributed by atoms with Crippen LogP contribution in [0.15, 0.2) is 42.5 Å². The van der Waals surface area contributed by atoms with Crippen LogP contribution in [-0.2, 0) is 0 Å². The molecular weight excluding hydrogens is 451 g/mol. The van der Waals surface area contributed by atoms with E-state index in [-0.39, 0.29) is 11.8 Å².